The molecule has 4 heteroatoms. The Bertz CT molecular complexity index is 385. The lowest BCUT2D eigenvalue weighted by molar-refractivity contribution is -0.199. The van der Waals surface area contributed by atoms with Crippen LogP contribution in [0.2, 0.25) is 0 Å². The summed E-state index contributed by atoms with van der Waals surface area (Å²) in [5.74, 6) is -0.0977. The van der Waals surface area contributed by atoms with Crippen LogP contribution < -0.4 is 0 Å². The van der Waals surface area contributed by atoms with Crippen molar-refractivity contribution >= 4 is 5.97 Å². The van der Waals surface area contributed by atoms with E-state index in [1.807, 2.05) is 20.8 Å². The van der Waals surface area contributed by atoms with E-state index >= 15 is 0 Å². The normalized spacial score (nSPS) is 33.3. The average Bonchev–Trinajstić information content (AvgIpc) is 2.52. The number of carbonyl (C=O) groups excluding carboxylic acids is 1. The van der Waals surface area contributed by atoms with Gasteiger partial charge in [-0.25, -0.2) is 0 Å². The second-order valence-corrected chi connectivity index (χ2v) is 6.80. The number of hydrogen-bond acceptors (Lipinski definition) is 4. The van der Waals surface area contributed by atoms with Gasteiger partial charge < -0.3 is 14.2 Å². The van der Waals surface area contributed by atoms with Crippen molar-refractivity contribution in [3.8, 4) is 0 Å². The third kappa shape index (κ3) is 2.43. The Labute approximate surface area is 115 Å². The van der Waals surface area contributed by atoms with E-state index in [9.17, 15) is 4.79 Å². The lowest BCUT2D eigenvalue weighted by Gasteiger charge is -2.42. The van der Waals surface area contributed by atoms with Gasteiger partial charge in [-0.1, -0.05) is 19.1 Å². The van der Waals surface area contributed by atoms with Crippen LogP contribution >= 0.6 is 0 Å². The fourth-order valence-corrected chi connectivity index (χ4v) is 2.78. The summed E-state index contributed by atoms with van der Waals surface area (Å²) >= 11 is 0. The predicted molar refractivity (Wildman–Crippen MR) is 71.5 cm³/mol. The van der Waals surface area contributed by atoms with Gasteiger partial charge in [0.05, 0.1) is 11.0 Å². The molecule has 1 spiro atoms. The van der Waals surface area contributed by atoms with Crippen LogP contribution in [0.25, 0.3) is 0 Å². The molecule has 1 aliphatic carbocycles. The zero-order valence-electron chi connectivity index (χ0n) is 12.5. The molecule has 1 saturated heterocycles. The number of methoxy groups -OCH3 is 1. The van der Waals surface area contributed by atoms with Crippen molar-refractivity contribution in [1.29, 1.82) is 0 Å². The largest absolute Gasteiger partial charge is 0.456 e. The third-order valence-corrected chi connectivity index (χ3v) is 4.13. The fourth-order valence-electron chi connectivity index (χ4n) is 2.78. The second-order valence-electron chi connectivity index (χ2n) is 6.80. The molecule has 2 rings (SSSR count). The molecule has 19 heavy (non-hydrogen) atoms. The second kappa shape index (κ2) is 4.60. The van der Waals surface area contributed by atoms with Crippen LogP contribution in [0.4, 0.5) is 0 Å². The van der Waals surface area contributed by atoms with Gasteiger partial charge in [0, 0.05) is 13.0 Å². The van der Waals surface area contributed by atoms with Gasteiger partial charge in [0.2, 0.25) is 0 Å². The first-order valence-electron chi connectivity index (χ1n) is 6.78. The van der Waals surface area contributed by atoms with E-state index in [-0.39, 0.29) is 23.6 Å². The minimum atomic E-state index is -0.517. The molecule has 2 fully saturated rings. The van der Waals surface area contributed by atoms with Crippen molar-refractivity contribution in [2.75, 3.05) is 7.11 Å². The van der Waals surface area contributed by atoms with Crippen molar-refractivity contribution in [3.05, 3.63) is 12.2 Å². The Balaban J connectivity index is 2.11. The molecule has 4 nitrogen and oxygen atoms in total. The zero-order valence-corrected chi connectivity index (χ0v) is 12.5. The minimum absolute atomic E-state index is 0.120. The molecule has 1 aliphatic heterocycles. The van der Waals surface area contributed by atoms with Crippen molar-refractivity contribution in [2.45, 2.75) is 58.5 Å². The van der Waals surface area contributed by atoms with E-state index in [0.717, 1.165) is 12.8 Å². The number of ether oxygens (including phenoxy) is 3. The molecule has 0 aromatic heterocycles. The molecule has 0 aromatic rings. The molecule has 2 aliphatic rings. The van der Waals surface area contributed by atoms with Gasteiger partial charge >= 0.3 is 5.97 Å². The average molecular weight is 268 g/mol. The highest BCUT2D eigenvalue weighted by Crippen LogP contribution is 2.52. The summed E-state index contributed by atoms with van der Waals surface area (Å²) in [5.41, 5.74) is 0.418. The van der Waals surface area contributed by atoms with E-state index in [2.05, 4.69) is 13.5 Å². The van der Waals surface area contributed by atoms with Gasteiger partial charge in [-0.3, -0.25) is 4.79 Å². The Hall–Kier alpha value is -0.870. The number of hydrogen-bond donors (Lipinski definition) is 0. The van der Waals surface area contributed by atoms with Crippen LogP contribution in [0.3, 0.4) is 0 Å². The van der Waals surface area contributed by atoms with Gasteiger partial charge in [-0.15, -0.1) is 0 Å². The molecule has 108 valence electrons. The van der Waals surface area contributed by atoms with E-state index in [1.165, 1.54) is 5.57 Å². The predicted octanol–water partition coefficient (Wildman–Crippen LogP) is 2.67. The number of carbonyl (C=O) groups is 1. The highest BCUT2D eigenvalue weighted by molar-refractivity contribution is 5.75. The minimum Gasteiger partial charge on any atom is -0.456 e. The molecule has 1 heterocycles. The summed E-state index contributed by atoms with van der Waals surface area (Å²) in [6.07, 6.45) is 0.842. The van der Waals surface area contributed by atoms with Gasteiger partial charge in [0.15, 0.2) is 12.4 Å². The molecule has 1 unspecified atom stereocenters. The van der Waals surface area contributed by atoms with Gasteiger partial charge in [-0.05, 0) is 33.6 Å². The van der Waals surface area contributed by atoms with Crippen LogP contribution in [0.5, 0.6) is 0 Å². The SMILES string of the molecule is C=C1CC2(C1)O[C@@H](OC)C(OC(=O)C(C)(C)C)[C@@H]2C. The summed E-state index contributed by atoms with van der Waals surface area (Å²) < 4.78 is 17.0. The van der Waals surface area contributed by atoms with Crippen molar-refractivity contribution in [2.24, 2.45) is 11.3 Å². The molecular weight excluding hydrogens is 244 g/mol. The molecule has 0 bridgehead atoms. The molecular formula is C15H24O4. The first kappa shape index (κ1) is 14.5. The van der Waals surface area contributed by atoms with E-state index < -0.39 is 11.7 Å². The lowest BCUT2D eigenvalue weighted by Crippen LogP contribution is -2.45. The molecule has 3 atom stereocenters. The summed E-state index contributed by atoms with van der Waals surface area (Å²) in [6, 6.07) is 0. The Morgan fingerprint density at radius 2 is 2.00 bits per heavy atom. The smallest absolute Gasteiger partial charge is 0.311 e. The van der Waals surface area contributed by atoms with Crippen LogP contribution in [-0.2, 0) is 19.0 Å². The fraction of sp³-hybridized carbons (Fsp3) is 0.800. The number of esters is 1. The maximum atomic E-state index is 12.1. The van der Waals surface area contributed by atoms with E-state index in [0.29, 0.717) is 0 Å². The van der Waals surface area contributed by atoms with Gasteiger partial charge in [0.1, 0.15) is 0 Å². The summed E-state index contributed by atoms with van der Waals surface area (Å²) in [7, 11) is 1.59. The quantitative estimate of drug-likeness (QED) is 0.570. The number of rotatable bonds is 2. The van der Waals surface area contributed by atoms with Crippen molar-refractivity contribution in [3.63, 3.8) is 0 Å². The maximum absolute atomic E-state index is 12.1. The molecule has 0 radical (unpaired) electrons. The maximum Gasteiger partial charge on any atom is 0.311 e. The molecule has 1 saturated carbocycles. The highest BCUT2D eigenvalue weighted by atomic mass is 16.7. The van der Waals surface area contributed by atoms with E-state index in [1.54, 1.807) is 7.11 Å². The summed E-state index contributed by atoms with van der Waals surface area (Å²) in [4.78, 5) is 12.1. The van der Waals surface area contributed by atoms with Gasteiger partial charge in [0.25, 0.3) is 0 Å². The summed E-state index contributed by atoms with van der Waals surface area (Å²) in [5, 5.41) is 0. The molecule has 0 N–H and O–H groups in total. The van der Waals surface area contributed by atoms with Crippen molar-refractivity contribution in [1.82, 2.24) is 0 Å². The summed E-state index contributed by atoms with van der Waals surface area (Å²) in [6.45, 7) is 11.6. The molecule has 0 amide bonds. The van der Waals surface area contributed by atoms with Crippen molar-refractivity contribution < 1.29 is 19.0 Å². The van der Waals surface area contributed by atoms with Crippen LogP contribution in [0, 0.1) is 11.3 Å². The first-order chi connectivity index (χ1) is 8.69. The van der Waals surface area contributed by atoms with Crippen LogP contribution in [-0.4, -0.2) is 31.1 Å². The van der Waals surface area contributed by atoms with Gasteiger partial charge in [-0.2, -0.15) is 0 Å². The standard InChI is InChI=1S/C15H24O4/c1-9-7-15(8-9)10(2)11(12(17-6)19-15)18-13(16)14(3,4)5/h10-12H,1,7-8H2,2-6H3/t10-,11?,12+/m0/s1. The Morgan fingerprint density at radius 1 is 1.42 bits per heavy atom. The third-order valence-electron chi connectivity index (χ3n) is 4.13. The molecule has 0 aromatic carbocycles. The topological polar surface area (TPSA) is 44.8 Å². The monoisotopic (exact) mass is 268 g/mol. The van der Waals surface area contributed by atoms with Crippen LogP contribution in [0.15, 0.2) is 12.2 Å². The van der Waals surface area contributed by atoms with Crippen LogP contribution in [0.1, 0.15) is 40.5 Å². The Morgan fingerprint density at radius 3 is 2.42 bits per heavy atom. The lowest BCUT2D eigenvalue weighted by atomic mass is 9.69. The zero-order chi connectivity index (χ0) is 14.4. The Kier molecular flexibility index (Phi) is 3.52. The van der Waals surface area contributed by atoms with E-state index in [4.69, 9.17) is 14.2 Å². The highest BCUT2D eigenvalue weighted by Gasteiger charge is 2.59. The first-order valence-corrected chi connectivity index (χ1v) is 6.78.